The van der Waals surface area contributed by atoms with E-state index in [0.29, 0.717) is 0 Å². The Morgan fingerprint density at radius 1 is 1.48 bits per heavy atom. The van der Waals surface area contributed by atoms with Crippen LogP contribution >= 0.6 is 11.6 Å². The molecule has 1 amide bonds. The van der Waals surface area contributed by atoms with Gasteiger partial charge in [0.2, 0.25) is 0 Å². The number of halogens is 2. The molecule has 2 aromatic rings. The lowest BCUT2D eigenvalue weighted by molar-refractivity contribution is -0.385. The van der Waals surface area contributed by atoms with E-state index in [0.717, 1.165) is 18.3 Å². The summed E-state index contributed by atoms with van der Waals surface area (Å²) in [5, 5.41) is 13.0. The molecule has 0 radical (unpaired) electrons. The third-order valence-corrected chi connectivity index (χ3v) is 2.86. The van der Waals surface area contributed by atoms with Gasteiger partial charge in [0.05, 0.1) is 15.6 Å². The van der Waals surface area contributed by atoms with Gasteiger partial charge in [0.15, 0.2) is 0 Å². The maximum Gasteiger partial charge on any atom is 0.300 e. The highest BCUT2D eigenvalue weighted by molar-refractivity contribution is 6.34. The average molecular weight is 311 g/mol. The summed E-state index contributed by atoms with van der Waals surface area (Å²) in [5.41, 5.74) is 4.25. The Balaban J connectivity index is 2.41. The largest absolute Gasteiger partial charge is 0.384 e. The molecule has 0 saturated heterocycles. The number of nitrogens with one attached hydrogen (secondary N) is 1. The van der Waals surface area contributed by atoms with Crippen LogP contribution in [0.25, 0.3) is 0 Å². The van der Waals surface area contributed by atoms with Crippen molar-refractivity contribution in [3.8, 4) is 0 Å². The summed E-state index contributed by atoms with van der Waals surface area (Å²) >= 11 is 5.77. The van der Waals surface area contributed by atoms with Gasteiger partial charge >= 0.3 is 0 Å². The number of nitro groups is 1. The van der Waals surface area contributed by atoms with Gasteiger partial charge in [0.25, 0.3) is 11.6 Å². The maximum absolute atomic E-state index is 13.6. The van der Waals surface area contributed by atoms with Crippen LogP contribution in [-0.2, 0) is 0 Å². The predicted octanol–water partition coefficient (Wildman–Crippen LogP) is 2.62. The van der Waals surface area contributed by atoms with Crippen LogP contribution in [0.5, 0.6) is 0 Å². The van der Waals surface area contributed by atoms with E-state index in [1.807, 2.05) is 0 Å². The van der Waals surface area contributed by atoms with Crippen molar-refractivity contribution >= 4 is 34.7 Å². The minimum absolute atomic E-state index is 0.0342. The molecule has 0 fully saturated rings. The maximum atomic E-state index is 13.6. The van der Waals surface area contributed by atoms with E-state index >= 15 is 0 Å². The van der Waals surface area contributed by atoms with Gasteiger partial charge in [0, 0.05) is 0 Å². The molecule has 2 rings (SSSR count). The van der Waals surface area contributed by atoms with Crippen LogP contribution in [-0.4, -0.2) is 15.8 Å². The van der Waals surface area contributed by atoms with Gasteiger partial charge in [-0.1, -0.05) is 17.7 Å². The Morgan fingerprint density at radius 2 is 2.19 bits per heavy atom. The number of nitrogens with zero attached hydrogens (tertiary/aromatic N) is 2. The van der Waals surface area contributed by atoms with Gasteiger partial charge in [-0.15, -0.1) is 0 Å². The molecule has 108 valence electrons. The predicted molar refractivity (Wildman–Crippen MR) is 74.7 cm³/mol. The van der Waals surface area contributed by atoms with E-state index in [1.54, 1.807) is 0 Å². The van der Waals surface area contributed by atoms with Crippen LogP contribution in [0.1, 0.15) is 10.4 Å². The SMILES string of the molecule is Nc1cc(C(=O)Nc2c(F)cccc2Cl)c([N+](=O)[O-])cn1. The molecule has 0 bridgehead atoms. The van der Waals surface area contributed by atoms with Crippen LogP contribution < -0.4 is 11.1 Å². The summed E-state index contributed by atoms with van der Waals surface area (Å²) in [7, 11) is 0. The normalized spacial score (nSPS) is 10.2. The molecule has 0 aliphatic rings. The molecule has 7 nitrogen and oxygen atoms in total. The van der Waals surface area contributed by atoms with Gasteiger partial charge in [-0.25, -0.2) is 9.37 Å². The molecule has 0 aliphatic carbocycles. The monoisotopic (exact) mass is 310 g/mol. The van der Waals surface area contributed by atoms with Crippen LogP contribution in [0, 0.1) is 15.9 Å². The highest BCUT2D eigenvalue weighted by atomic mass is 35.5. The van der Waals surface area contributed by atoms with Crippen molar-refractivity contribution in [3.05, 3.63) is 57.0 Å². The highest BCUT2D eigenvalue weighted by Gasteiger charge is 2.22. The third kappa shape index (κ3) is 3.06. The lowest BCUT2D eigenvalue weighted by Gasteiger charge is -2.08. The second kappa shape index (κ2) is 5.71. The summed E-state index contributed by atoms with van der Waals surface area (Å²) in [6, 6.07) is 4.86. The minimum Gasteiger partial charge on any atom is -0.384 e. The first-order chi connectivity index (χ1) is 9.90. The minimum atomic E-state index is -0.914. The Bertz CT molecular complexity index is 718. The van der Waals surface area contributed by atoms with Gasteiger partial charge in [-0.2, -0.15) is 0 Å². The smallest absolute Gasteiger partial charge is 0.300 e. The fraction of sp³-hybridized carbons (Fsp3) is 0. The summed E-state index contributed by atoms with van der Waals surface area (Å²) < 4.78 is 13.6. The summed E-state index contributed by atoms with van der Waals surface area (Å²) in [6.07, 6.45) is 0.854. The van der Waals surface area contributed by atoms with E-state index in [1.165, 1.54) is 12.1 Å². The number of anilines is 2. The van der Waals surface area contributed by atoms with Crippen molar-refractivity contribution < 1.29 is 14.1 Å². The lowest BCUT2D eigenvalue weighted by atomic mass is 10.2. The number of amides is 1. The Labute approximate surface area is 122 Å². The number of carbonyl (C=O) groups excluding carboxylic acids is 1. The number of hydrogen-bond donors (Lipinski definition) is 2. The Hall–Kier alpha value is -2.74. The van der Waals surface area contributed by atoms with E-state index in [-0.39, 0.29) is 22.1 Å². The fourth-order valence-corrected chi connectivity index (χ4v) is 1.80. The van der Waals surface area contributed by atoms with Gasteiger partial charge in [-0.3, -0.25) is 14.9 Å². The van der Waals surface area contributed by atoms with Crippen molar-refractivity contribution in [1.29, 1.82) is 0 Å². The first-order valence-electron chi connectivity index (χ1n) is 5.55. The molecule has 9 heteroatoms. The van der Waals surface area contributed by atoms with Gasteiger partial charge in [0.1, 0.15) is 23.4 Å². The molecule has 21 heavy (non-hydrogen) atoms. The quantitative estimate of drug-likeness (QED) is 0.668. The number of aromatic nitrogens is 1. The van der Waals surface area contributed by atoms with Crippen molar-refractivity contribution in [3.63, 3.8) is 0 Å². The summed E-state index contributed by atoms with van der Waals surface area (Å²) in [4.78, 5) is 25.7. The van der Waals surface area contributed by atoms with E-state index in [4.69, 9.17) is 17.3 Å². The standard InChI is InChI=1S/C12H8ClFN4O3/c13-7-2-1-3-8(14)11(7)17-12(19)6-4-10(15)16-5-9(6)18(20)21/h1-5H,(H2,15,16)(H,17,19). The number of pyridine rings is 1. The second-order valence-corrected chi connectivity index (χ2v) is 4.34. The molecule has 0 aliphatic heterocycles. The van der Waals surface area contributed by atoms with Crippen molar-refractivity contribution in [2.24, 2.45) is 0 Å². The highest BCUT2D eigenvalue weighted by Crippen LogP contribution is 2.27. The number of hydrogen-bond acceptors (Lipinski definition) is 5. The zero-order valence-corrected chi connectivity index (χ0v) is 11.1. The molecule has 0 spiro atoms. The summed E-state index contributed by atoms with van der Waals surface area (Å²) in [5.74, 6) is -1.76. The number of para-hydroxylation sites is 1. The first-order valence-corrected chi connectivity index (χ1v) is 5.93. The first kappa shape index (κ1) is 14.7. The van der Waals surface area contributed by atoms with E-state index in [2.05, 4.69) is 10.3 Å². The lowest BCUT2D eigenvalue weighted by Crippen LogP contribution is -2.16. The molecule has 1 aromatic carbocycles. The molecule has 3 N–H and O–H groups in total. The summed E-state index contributed by atoms with van der Waals surface area (Å²) in [6.45, 7) is 0. The number of rotatable bonds is 3. The molecule has 1 heterocycles. The second-order valence-electron chi connectivity index (χ2n) is 3.93. The van der Waals surface area contributed by atoms with Crippen LogP contribution in [0.3, 0.4) is 0 Å². The Morgan fingerprint density at radius 3 is 2.81 bits per heavy atom. The number of nitrogen functional groups attached to an aromatic ring is 1. The zero-order valence-electron chi connectivity index (χ0n) is 10.3. The zero-order chi connectivity index (χ0) is 15.6. The van der Waals surface area contributed by atoms with Crippen molar-refractivity contribution in [1.82, 2.24) is 4.98 Å². The third-order valence-electron chi connectivity index (χ3n) is 2.55. The van der Waals surface area contributed by atoms with Crippen LogP contribution in [0.2, 0.25) is 5.02 Å². The fourth-order valence-electron chi connectivity index (χ4n) is 1.59. The number of carbonyl (C=O) groups is 1. The average Bonchev–Trinajstić information content (AvgIpc) is 2.42. The Kier molecular flexibility index (Phi) is 3.99. The molecule has 0 saturated carbocycles. The number of benzene rings is 1. The molecular formula is C12H8ClFN4O3. The van der Waals surface area contributed by atoms with E-state index < -0.39 is 22.3 Å². The molecule has 0 atom stereocenters. The van der Waals surface area contributed by atoms with Crippen molar-refractivity contribution in [2.75, 3.05) is 11.1 Å². The molecular weight excluding hydrogens is 303 g/mol. The molecule has 1 aromatic heterocycles. The van der Waals surface area contributed by atoms with Gasteiger partial charge < -0.3 is 11.1 Å². The van der Waals surface area contributed by atoms with E-state index in [9.17, 15) is 19.3 Å². The topological polar surface area (TPSA) is 111 Å². The molecule has 0 unspecified atom stereocenters. The van der Waals surface area contributed by atoms with Crippen LogP contribution in [0.15, 0.2) is 30.5 Å². The van der Waals surface area contributed by atoms with Crippen molar-refractivity contribution in [2.45, 2.75) is 0 Å². The van der Waals surface area contributed by atoms with Gasteiger partial charge in [-0.05, 0) is 18.2 Å². The number of nitrogens with two attached hydrogens (primary N) is 1. The van der Waals surface area contributed by atoms with Crippen LogP contribution in [0.4, 0.5) is 21.6 Å².